The van der Waals surface area contributed by atoms with Crippen LogP contribution in [-0.2, 0) is 16.1 Å². The summed E-state index contributed by atoms with van der Waals surface area (Å²) >= 11 is 12.4. The molecule has 0 radical (unpaired) electrons. The van der Waals surface area contributed by atoms with Crippen LogP contribution in [0.3, 0.4) is 0 Å². The number of ether oxygens (including phenoxy) is 1. The maximum atomic E-state index is 11.9. The molecule has 0 unspecified atom stereocenters. The lowest BCUT2D eigenvalue weighted by molar-refractivity contribution is -0.119. The molecule has 0 saturated carbocycles. The van der Waals surface area contributed by atoms with Crippen molar-refractivity contribution in [1.82, 2.24) is 14.9 Å². The smallest absolute Gasteiger partial charge is 0.250 e. The second-order valence-corrected chi connectivity index (χ2v) is 9.01. The van der Waals surface area contributed by atoms with Gasteiger partial charge in [-0.2, -0.15) is 0 Å². The van der Waals surface area contributed by atoms with Crippen molar-refractivity contribution in [3.63, 3.8) is 0 Å². The van der Waals surface area contributed by atoms with Crippen LogP contribution < -0.4 is 15.5 Å². The molecule has 34 heavy (non-hydrogen) atoms. The minimum Gasteiger partial charge on any atom is -0.375 e. The first-order valence-electron chi connectivity index (χ1n) is 11.1. The van der Waals surface area contributed by atoms with E-state index in [0.29, 0.717) is 15.8 Å². The summed E-state index contributed by atoms with van der Waals surface area (Å²) in [6, 6.07) is 13.4. The van der Waals surface area contributed by atoms with Crippen molar-refractivity contribution < 1.29 is 9.53 Å². The average molecular weight is 498 g/mol. The van der Waals surface area contributed by atoms with Crippen LogP contribution in [0.15, 0.2) is 48.7 Å². The molecule has 1 saturated heterocycles. The molecular formula is C25H28ClN5O2S. The summed E-state index contributed by atoms with van der Waals surface area (Å²) in [4.78, 5) is 18.7. The van der Waals surface area contributed by atoms with E-state index in [9.17, 15) is 4.79 Å². The van der Waals surface area contributed by atoms with E-state index in [4.69, 9.17) is 28.6 Å². The number of halogens is 1. The number of hydrogen-bond donors (Lipinski definition) is 2. The predicted molar refractivity (Wildman–Crippen MR) is 139 cm³/mol. The number of aromatic nitrogens is 2. The number of benzene rings is 1. The molecule has 178 valence electrons. The summed E-state index contributed by atoms with van der Waals surface area (Å²) in [5.74, 6) is -0.268. The fraction of sp³-hybridized carbons (Fsp3) is 0.320. The second-order valence-electron chi connectivity index (χ2n) is 8.21. The van der Waals surface area contributed by atoms with Crippen molar-refractivity contribution in [2.24, 2.45) is 0 Å². The molecule has 0 bridgehead atoms. The molecule has 1 aliphatic heterocycles. The molecule has 0 spiro atoms. The van der Waals surface area contributed by atoms with Gasteiger partial charge in [-0.15, -0.1) is 0 Å². The summed E-state index contributed by atoms with van der Waals surface area (Å²) in [6.07, 6.45) is 1.80. The highest BCUT2D eigenvalue weighted by Gasteiger charge is 2.42. The fourth-order valence-electron chi connectivity index (χ4n) is 4.64. The molecule has 7 nitrogen and oxygen atoms in total. The number of methoxy groups -OCH3 is 1. The lowest BCUT2D eigenvalue weighted by Crippen LogP contribution is -2.29. The van der Waals surface area contributed by atoms with E-state index in [2.05, 4.69) is 51.9 Å². The van der Waals surface area contributed by atoms with E-state index in [-0.39, 0.29) is 24.6 Å². The minimum atomic E-state index is -0.268. The Balaban J connectivity index is 1.78. The maximum absolute atomic E-state index is 11.9. The highest BCUT2D eigenvalue weighted by Crippen LogP contribution is 2.44. The number of aryl methyl sites for hydroxylation is 1. The summed E-state index contributed by atoms with van der Waals surface area (Å²) in [7, 11) is 1.47. The van der Waals surface area contributed by atoms with E-state index >= 15 is 0 Å². The minimum absolute atomic E-state index is 0.0426. The van der Waals surface area contributed by atoms with Gasteiger partial charge in [0.2, 0.25) is 5.91 Å². The van der Waals surface area contributed by atoms with Gasteiger partial charge in [0.05, 0.1) is 28.5 Å². The lowest BCUT2D eigenvalue weighted by Gasteiger charge is -2.28. The molecule has 2 atom stereocenters. The second kappa shape index (κ2) is 10.1. The summed E-state index contributed by atoms with van der Waals surface area (Å²) in [5.41, 5.74) is 5.83. The van der Waals surface area contributed by atoms with Crippen LogP contribution in [0.5, 0.6) is 0 Å². The molecule has 1 fully saturated rings. The highest BCUT2D eigenvalue weighted by molar-refractivity contribution is 7.80. The van der Waals surface area contributed by atoms with Crippen LogP contribution in [0.25, 0.3) is 0 Å². The van der Waals surface area contributed by atoms with Crippen molar-refractivity contribution in [2.75, 3.05) is 23.9 Å². The number of hydrogen-bond acceptors (Lipinski definition) is 4. The van der Waals surface area contributed by atoms with Gasteiger partial charge in [-0.05, 0) is 75.0 Å². The Morgan fingerprint density at radius 2 is 2.06 bits per heavy atom. The average Bonchev–Trinajstić information content (AvgIpc) is 3.30. The summed E-state index contributed by atoms with van der Waals surface area (Å²) in [5, 5.41) is 7.26. The first-order chi connectivity index (χ1) is 16.3. The number of amides is 1. The van der Waals surface area contributed by atoms with Crippen LogP contribution in [0.2, 0.25) is 5.02 Å². The van der Waals surface area contributed by atoms with Gasteiger partial charge in [0.25, 0.3) is 0 Å². The SMILES string of the molecule is CCn1c(C)cc([C@@H]2[C@H](c3ccccn3)NC(=S)N2c2ccc(NC(=O)COC)c(Cl)c2)c1C. The van der Waals surface area contributed by atoms with Crippen LogP contribution in [-0.4, -0.2) is 34.3 Å². The zero-order valence-corrected chi connectivity index (χ0v) is 21.2. The zero-order valence-electron chi connectivity index (χ0n) is 19.6. The topological polar surface area (TPSA) is 71.4 Å². The highest BCUT2D eigenvalue weighted by atomic mass is 35.5. The number of nitrogens with zero attached hydrogens (tertiary/aromatic N) is 3. The number of carbonyl (C=O) groups is 1. The number of carbonyl (C=O) groups excluding carboxylic acids is 1. The van der Waals surface area contributed by atoms with Gasteiger partial charge in [0.1, 0.15) is 6.61 Å². The van der Waals surface area contributed by atoms with Gasteiger partial charge in [-0.3, -0.25) is 9.78 Å². The third kappa shape index (κ3) is 4.53. The Hall–Kier alpha value is -2.94. The van der Waals surface area contributed by atoms with Crippen LogP contribution in [0, 0.1) is 13.8 Å². The van der Waals surface area contributed by atoms with Crippen molar-refractivity contribution >= 4 is 46.2 Å². The molecule has 9 heteroatoms. The first-order valence-corrected chi connectivity index (χ1v) is 11.9. The van der Waals surface area contributed by atoms with Crippen molar-refractivity contribution in [1.29, 1.82) is 0 Å². The largest absolute Gasteiger partial charge is 0.375 e. The van der Waals surface area contributed by atoms with E-state index in [0.717, 1.165) is 17.9 Å². The molecule has 3 aromatic rings. The normalized spacial score (nSPS) is 17.7. The molecule has 1 aromatic carbocycles. The molecule has 3 heterocycles. The molecule has 0 aliphatic carbocycles. The number of anilines is 2. The third-order valence-electron chi connectivity index (χ3n) is 6.13. The number of nitrogens with one attached hydrogen (secondary N) is 2. The zero-order chi connectivity index (χ0) is 24.4. The molecule has 2 aromatic heterocycles. The van der Waals surface area contributed by atoms with Crippen molar-refractivity contribution in [2.45, 2.75) is 39.4 Å². The molecule has 1 aliphatic rings. The van der Waals surface area contributed by atoms with Gasteiger partial charge in [0.15, 0.2) is 5.11 Å². The van der Waals surface area contributed by atoms with Crippen molar-refractivity contribution in [3.05, 3.63) is 76.3 Å². The predicted octanol–water partition coefficient (Wildman–Crippen LogP) is 4.94. The summed E-state index contributed by atoms with van der Waals surface area (Å²) in [6.45, 7) is 7.25. The van der Waals surface area contributed by atoms with Gasteiger partial charge in [0, 0.05) is 36.9 Å². The fourth-order valence-corrected chi connectivity index (χ4v) is 5.20. The van der Waals surface area contributed by atoms with Crippen LogP contribution in [0.4, 0.5) is 11.4 Å². The molecule has 4 rings (SSSR count). The molecule has 2 N–H and O–H groups in total. The van der Waals surface area contributed by atoms with Crippen molar-refractivity contribution in [3.8, 4) is 0 Å². The Kier molecular flexibility index (Phi) is 7.21. The van der Waals surface area contributed by atoms with Crippen LogP contribution >= 0.6 is 23.8 Å². The number of pyridine rings is 1. The van der Waals surface area contributed by atoms with Gasteiger partial charge >= 0.3 is 0 Å². The van der Waals surface area contributed by atoms with Gasteiger partial charge in [-0.1, -0.05) is 17.7 Å². The van der Waals surface area contributed by atoms with Crippen LogP contribution in [0.1, 0.15) is 41.7 Å². The quantitative estimate of drug-likeness (QED) is 0.451. The Labute approximate surface area is 210 Å². The van der Waals surface area contributed by atoms with Gasteiger partial charge < -0.3 is 24.8 Å². The van der Waals surface area contributed by atoms with E-state index in [1.165, 1.54) is 24.1 Å². The van der Waals surface area contributed by atoms with E-state index in [1.54, 1.807) is 12.3 Å². The Bertz CT molecular complexity index is 1210. The Morgan fingerprint density at radius 3 is 2.68 bits per heavy atom. The first kappa shape index (κ1) is 24.2. The molecule has 1 amide bonds. The summed E-state index contributed by atoms with van der Waals surface area (Å²) < 4.78 is 7.18. The monoisotopic (exact) mass is 497 g/mol. The number of thiocarbonyl (C=S) groups is 1. The van der Waals surface area contributed by atoms with E-state index in [1.807, 2.05) is 30.3 Å². The number of rotatable bonds is 7. The standard InChI is InChI=1S/C25H28ClN5O2S/c1-5-30-15(2)12-18(16(30)3)24-23(21-8-6-7-11-27-21)29-25(34)31(24)17-9-10-20(19(26)13-17)28-22(32)14-33-4/h6-13,23-24H,5,14H2,1-4H3,(H,28,32)(H,29,34)/t23-,24+/m0/s1. The lowest BCUT2D eigenvalue weighted by atomic mass is 9.96. The Morgan fingerprint density at radius 1 is 1.26 bits per heavy atom. The van der Waals surface area contributed by atoms with E-state index < -0.39 is 0 Å². The maximum Gasteiger partial charge on any atom is 0.250 e. The molecular weight excluding hydrogens is 470 g/mol. The third-order valence-corrected chi connectivity index (χ3v) is 6.75. The van der Waals surface area contributed by atoms with Gasteiger partial charge in [-0.25, -0.2) is 0 Å².